The van der Waals surface area contributed by atoms with Crippen molar-refractivity contribution in [3.63, 3.8) is 0 Å². The summed E-state index contributed by atoms with van der Waals surface area (Å²) in [6.07, 6.45) is -0.329. The fourth-order valence-corrected chi connectivity index (χ4v) is 0.927. The van der Waals surface area contributed by atoms with Gasteiger partial charge in [0.1, 0.15) is 11.1 Å². The molecule has 0 unspecified atom stereocenters. The van der Waals surface area contributed by atoms with E-state index >= 15 is 0 Å². The molecule has 0 aromatic carbocycles. The number of nitrogens with zero attached hydrogens (tertiary/aromatic N) is 1. The molecule has 0 aliphatic rings. The van der Waals surface area contributed by atoms with Crippen molar-refractivity contribution in [2.24, 2.45) is 0 Å². The number of carbonyl (C=O) groups is 1. The van der Waals surface area contributed by atoms with Gasteiger partial charge >= 0.3 is 6.09 Å². The maximum Gasteiger partial charge on any atom is 0.422 e. The van der Waals surface area contributed by atoms with Gasteiger partial charge in [-0.15, -0.1) is 0 Å². The number of thiol groups is 1. The van der Waals surface area contributed by atoms with Gasteiger partial charge in [0.05, 0.1) is 0 Å². The van der Waals surface area contributed by atoms with Crippen molar-refractivity contribution in [1.82, 2.24) is 4.90 Å². The second kappa shape index (κ2) is 5.73. The Labute approximate surface area is 70.1 Å². The van der Waals surface area contributed by atoms with Crippen LogP contribution in [0.3, 0.4) is 0 Å². The molecule has 0 fully saturated rings. The number of carbonyl (C=O) groups excluding carboxylic acids is 1. The molecule has 0 saturated heterocycles. The molecule has 0 spiro atoms. The molecule has 0 rings (SSSR count). The highest BCUT2D eigenvalue weighted by molar-refractivity contribution is 8.66. The zero-order valence-corrected chi connectivity index (χ0v) is 7.74. The van der Waals surface area contributed by atoms with Crippen molar-refractivity contribution >= 4 is 28.8 Å². The highest BCUT2D eigenvalue weighted by atomic mass is 33.1. The van der Waals surface area contributed by atoms with Crippen molar-refractivity contribution < 1.29 is 8.98 Å². The van der Waals surface area contributed by atoms with Crippen molar-refractivity contribution in [3.05, 3.63) is 0 Å². The van der Waals surface area contributed by atoms with Crippen molar-refractivity contribution in [3.8, 4) is 0 Å². The fraction of sp³-hybridized carbons (Fsp3) is 0.800. The Morgan fingerprint density at radius 2 is 2.10 bits per heavy atom. The minimum Gasteiger partial charge on any atom is -0.363 e. The van der Waals surface area contributed by atoms with Crippen LogP contribution < -0.4 is 0 Å². The first-order chi connectivity index (χ1) is 4.76. The van der Waals surface area contributed by atoms with Gasteiger partial charge in [0, 0.05) is 13.1 Å². The van der Waals surface area contributed by atoms with E-state index in [9.17, 15) is 4.79 Å². The maximum atomic E-state index is 10.8. The lowest BCUT2D eigenvalue weighted by atomic mass is 10.6. The topological polar surface area (TPSA) is 29.5 Å². The smallest absolute Gasteiger partial charge is 0.363 e. The Hall–Kier alpha value is -0.0300. The van der Waals surface area contributed by atoms with Crippen LogP contribution in [0.2, 0.25) is 0 Å². The maximum absolute atomic E-state index is 10.8. The van der Waals surface area contributed by atoms with Gasteiger partial charge in [-0.3, -0.25) is 0 Å². The van der Waals surface area contributed by atoms with E-state index in [4.69, 9.17) is 0 Å². The minimum atomic E-state index is -0.329. The second-order valence-electron chi connectivity index (χ2n) is 1.60. The molecule has 0 aliphatic heterocycles. The van der Waals surface area contributed by atoms with Crippen LogP contribution in [0, 0.1) is 0 Å². The van der Waals surface area contributed by atoms with Crippen molar-refractivity contribution in [2.45, 2.75) is 13.8 Å². The summed E-state index contributed by atoms with van der Waals surface area (Å²) in [6, 6.07) is 0. The lowest BCUT2D eigenvalue weighted by molar-refractivity contribution is 0.166. The molecule has 0 aromatic heterocycles. The molecule has 0 heterocycles. The molecular formula is C5H11NO2S2. The van der Waals surface area contributed by atoms with Crippen LogP contribution in [0.15, 0.2) is 0 Å². The Morgan fingerprint density at radius 3 is 2.40 bits per heavy atom. The monoisotopic (exact) mass is 181 g/mol. The van der Waals surface area contributed by atoms with Crippen LogP contribution in [0.1, 0.15) is 13.8 Å². The van der Waals surface area contributed by atoms with Gasteiger partial charge in [-0.05, 0) is 13.8 Å². The average molecular weight is 181 g/mol. The van der Waals surface area contributed by atoms with Gasteiger partial charge in [0.15, 0.2) is 0 Å². The van der Waals surface area contributed by atoms with Crippen LogP contribution in [-0.4, -0.2) is 24.1 Å². The molecule has 60 valence electrons. The van der Waals surface area contributed by atoms with Gasteiger partial charge in [0.25, 0.3) is 0 Å². The molecule has 0 atom stereocenters. The standard InChI is InChI=1S/C5H11NO2S2/c1-3-6(4-2)5(7)8-10-9/h9H,3-4H2,1-2H3. The van der Waals surface area contributed by atoms with E-state index in [0.29, 0.717) is 13.1 Å². The summed E-state index contributed by atoms with van der Waals surface area (Å²) < 4.78 is 4.55. The van der Waals surface area contributed by atoms with Crippen LogP contribution in [0.4, 0.5) is 4.79 Å². The summed E-state index contributed by atoms with van der Waals surface area (Å²) in [7, 11) is 0. The van der Waals surface area contributed by atoms with E-state index in [1.807, 2.05) is 13.8 Å². The third kappa shape index (κ3) is 3.22. The first kappa shape index (κ1) is 9.97. The lowest BCUT2D eigenvalue weighted by Crippen LogP contribution is -2.29. The van der Waals surface area contributed by atoms with Crippen LogP contribution >= 0.6 is 22.7 Å². The third-order valence-electron chi connectivity index (χ3n) is 1.13. The Balaban J connectivity index is 3.65. The van der Waals surface area contributed by atoms with E-state index in [1.165, 1.54) is 0 Å². The summed E-state index contributed by atoms with van der Waals surface area (Å²) in [5.41, 5.74) is 0. The Kier molecular flexibility index (Phi) is 5.71. The SMILES string of the molecule is CCN(CC)C(=O)OSS. The molecule has 1 amide bonds. The van der Waals surface area contributed by atoms with E-state index in [0.717, 1.165) is 11.1 Å². The molecule has 5 heteroatoms. The number of rotatable bonds is 3. The largest absolute Gasteiger partial charge is 0.422 e. The number of amides is 1. The van der Waals surface area contributed by atoms with Gasteiger partial charge in [-0.25, -0.2) is 4.79 Å². The predicted octanol–water partition coefficient (Wildman–Crippen LogP) is 1.96. The lowest BCUT2D eigenvalue weighted by Gasteiger charge is -2.15. The second-order valence-corrected chi connectivity index (χ2v) is 2.36. The quantitative estimate of drug-likeness (QED) is 0.410. The first-order valence-corrected chi connectivity index (χ1v) is 4.82. The van der Waals surface area contributed by atoms with Gasteiger partial charge < -0.3 is 9.08 Å². The summed E-state index contributed by atoms with van der Waals surface area (Å²) in [4.78, 5) is 12.4. The highest BCUT2D eigenvalue weighted by Gasteiger charge is 2.09. The average Bonchev–Trinajstić information content (AvgIpc) is 1.91. The molecular weight excluding hydrogens is 170 g/mol. The predicted molar refractivity (Wildman–Crippen MR) is 46.0 cm³/mol. The fourth-order valence-electron chi connectivity index (χ4n) is 0.566. The minimum absolute atomic E-state index is 0.329. The Morgan fingerprint density at radius 1 is 1.60 bits per heavy atom. The van der Waals surface area contributed by atoms with E-state index in [-0.39, 0.29) is 6.09 Å². The molecule has 10 heavy (non-hydrogen) atoms. The van der Waals surface area contributed by atoms with Gasteiger partial charge in [-0.2, -0.15) is 0 Å². The molecule has 0 radical (unpaired) electrons. The van der Waals surface area contributed by atoms with Crippen LogP contribution in [-0.2, 0) is 4.18 Å². The number of hydrogen-bond acceptors (Lipinski definition) is 4. The molecule has 0 aliphatic carbocycles. The molecule has 0 saturated carbocycles. The summed E-state index contributed by atoms with van der Waals surface area (Å²) >= 11 is 4.45. The summed E-state index contributed by atoms with van der Waals surface area (Å²) in [5.74, 6) is 0. The van der Waals surface area contributed by atoms with Crippen LogP contribution in [0.5, 0.6) is 0 Å². The molecule has 0 aromatic rings. The zero-order chi connectivity index (χ0) is 7.98. The summed E-state index contributed by atoms with van der Waals surface area (Å²) in [5, 5.41) is 0. The Bertz CT molecular complexity index is 106. The van der Waals surface area contributed by atoms with Gasteiger partial charge in [-0.1, -0.05) is 11.7 Å². The van der Waals surface area contributed by atoms with Crippen molar-refractivity contribution in [1.29, 1.82) is 0 Å². The zero-order valence-electron chi connectivity index (χ0n) is 6.03. The molecule has 3 nitrogen and oxygen atoms in total. The van der Waals surface area contributed by atoms with Crippen molar-refractivity contribution in [2.75, 3.05) is 13.1 Å². The van der Waals surface area contributed by atoms with Crippen LogP contribution in [0.25, 0.3) is 0 Å². The normalized spacial score (nSPS) is 9.10. The first-order valence-electron chi connectivity index (χ1n) is 3.03. The van der Waals surface area contributed by atoms with Gasteiger partial charge in [0.2, 0.25) is 0 Å². The number of hydrogen-bond donors (Lipinski definition) is 1. The highest BCUT2D eigenvalue weighted by Crippen LogP contribution is 2.09. The van der Waals surface area contributed by atoms with E-state index in [1.54, 1.807) is 4.90 Å². The van der Waals surface area contributed by atoms with E-state index in [2.05, 4.69) is 15.8 Å². The third-order valence-corrected chi connectivity index (χ3v) is 1.57. The summed E-state index contributed by atoms with van der Waals surface area (Å²) in [6.45, 7) is 5.13. The van der Waals surface area contributed by atoms with E-state index < -0.39 is 0 Å². The molecule has 0 N–H and O–H groups in total. The molecule has 0 bridgehead atoms.